The summed E-state index contributed by atoms with van der Waals surface area (Å²) in [5.41, 5.74) is 3.76. The Balaban J connectivity index is 1.30. The van der Waals surface area contributed by atoms with E-state index < -0.39 is 35.3 Å². The minimum atomic E-state index is -1.08. The van der Waals surface area contributed by atoms with Crippen LogP contribution >= 0.6 is 0 Å². The first-order valence-electron chi connectivity index (χ1n) is 16.1. The van der Waals surface area contributed by atoms with Gasteiger partial charge in [-0.1, -0.05) is 31.7 Å². The molecule has 240 valence electrons. The number of halogens is 3. The van der Waals surface area contributed by atoms with E-state index in [-0.39, 0.29) is 38.7 Å². The van der Waals surface area contributed by atoms with Crippen LogP contribution in [0, 0.1) is 17.1 Å². The SMILES string of the molecule is C=C(F)C(=O)N1CCN(c2nc(OCC34CCCN3C[C@H](F)C4)nc3cc(-c4cccc5c4CC[C@@H]5C)c(F)cc23)C[C@@H]1CC#N. The molecule has 1 amide bonds. The maximum atomic E-state index is 16.1. The lowest BCUT2D eigenvalue weighted by molar-refractivity contribution is -0.131. The van der Waals surface area contributed by atoms with Crippen LogP contribution in [0.2, 0.25) is 0 Å². The van der Waals surface area contributed by atoms with Gasteiger partial charge in [0, 0.05) is 43.5 Å². The van der Waals surface area contributed by atoms with Crippen molar-refractivity contribution >= 4 is 22.6 Å². The number of fused-ring (bicyclic) bond motifs is 3. The molecular formula is C35H37F3N6O2. The molecular weight excluding hydrogens is 593 g/mol. The van der Waals surface area contributed by atoms with Crippen molar-refractivity contribution in [2.24, 2.45) is 0 Å². The first-order chi connectivity index (χ1) is 22.2. The van der Waals surface area contributed by atoms with Crippen LogP contribution in [0.15, 0.2) is 42.7 Å². The van der Waals surface area contributed by atoms with Gasteiger partial charge >= 0.3 is 6.01 Å². The van der Waals surface area contributed by atoms with Gasteiger partial charge in [-0.15, -0.1) is 0 Å². The summed E-state index contributed by atoms with van der Waals surface area (Å²) in [5.74, 6) is -1.53. The maximum absolute atomic E-state index is 16.1. The topological polar surface area (TPSA) is 85.6 Å². The summed E-state index contributed by atoms with van der Waals surface area (Å²) in [6.07, 6.45) is 3.14. The number of hydrogen-bond acceptors (Lipinski definition) is 7. The fraction of sp³-hybridized carbons (Fsp3) is 0.486. The largest absolute Gasteiger partial charge is 0.461 e. The Kier molecular flexibility index (Phi) is 7.87. The molecule has 0 N–H and O–H groups in total. The molecule has 3 saturated heterocycles. The number of rotatable bonds is 7. The number of hydrogen-bond donors (Lipinski definition) is 0. The van der Waals surface area contributed by atoms with Crippen LogP contribution < -0.4 is 9.64 Å². The van der Waals surface area contributed by atoms with Crippen LogP contribution in [0.25, 0.3) is 22.0 Å². The number of piperazine rings is 1. The van der Waals surface area contributed by atoms with Crippen molar-refractivity contribution in [2.75, 3.05) is 44.2 Å². The molecule has 1 aliphatic carbocycles. The van der Waals surface area contributed by atoms with E-state index in [9.17, 15) is 18.8 Å². The number of alkyl halides is 1. The van der Waals surface area contributed by atoms with Crippen LogP contribution in [-0.4, -0.2) is 82.8 Å². The summed E-state index contributed by atoms with van der Waals surface area (Å²) in [4.78, 5) is 27.4. The molecule has 4 aliphatic rings. The van der Waals surface area contributed by atoms with Crippen molar-refractivity contribution in [2.45, 2.75) is 69.1 Å². The molecule has 0 bridgehead atoms. The zero-order valence-corrected chi connectivity index (χ0v) is 25.9. The monoisotopic (exact) mass is 630 g/mol. The predicted octanol–water partition coefficient (Wildman–Crippen LogP) is 5.85. The molecule has 7 rings (SSSR count). The van der Waals surface area contributed by atoms with Crippen molar-refractivity contribution in [1.29, 1.82) is 5.26 Å². The number of anilines is 1. The lowest BCUT2D eigenvalue weighted by Crippen LogP contribution is -2.55. The van der Waals surface area contributed by atoms with E-state index in [1.807, 2.05) is 17.0 Å². The highest BCUT2D eigenvalue weighted by Gasteiger charge is 2.49. The van der Waals surface area contributed by atoms with E-state index in [1.165, 1.54) is 16.5 Å². The Bertz CT molecular complexity index is 1760. The van der Waals surface area contributed by atoms with Gasteiger partial charge in [-0.3, -0.25) is 9.69 Å². The number of aromatic nitrogens is 2. The summed E-state index contributed by atoms with van der Waals surface area (Å²) in [7, 11) is 0. The van der Waals surface area contributed by atoms with Crippen molar-refractivity contribution in [1.82, 2.24) is 19.8 Å². The number of carbonyl (C=O) groups excluding carboxylic acids is 1. The van der Waals surface area contributed by atoms with Crippen LogP contribution in [0.4, 0.5) is 19.0 Å². The van der Waals surface area contributed by atoms with E-state index in [0.717, 1.165) is 43.4 Å². The first kappa shape index (κ1) is 30.5. The molecule has 0 spiro atoms. The highest BCUT2D eigenvalue weighted by atomic mass is 19.1. The van der Waals surface area contributed by atoms with Crippen molar-refractivity contribution in [3.05, 3.63) is 59.7 Å². The van der Waals surface area contributed by atoms with Gasteiger partial charge in [-0.25, -0.2) is 13.2 Å². The number of amides is 1. The Morgan fingerprint density at radius 1 is 1.20 bits per heavy atom. The molecule has 0 radical (unpaired) electrons. The van der Waals surface area contributed by atoms with Gasteiger partial charge < -0.3 is 14.5 Å². The van der Waals surface area contributed by atoms with Gasteiger partial charge in [0.1, 0.15) is 24.4 Å². The smallest absolute Gasteiger partial charge is 0.319 e. The second-order valence-electron chi connectivity index (χ2n) is 13.2. The normalized spacial score (nSPS) is 25.8. The molecule has 11 heteroatoms. The number of benzene rings is 2. The second kappa shape index (κ2) is 11.9. The summed E-state index contributed by atoms with van der Waals surface area (Å²) in [6, 6.07) is 10.8. The standard InChI is InChI=1S/C35H37F3N6O2/c1-21-7-8-27-25(21)5-3-6-26(27)28-16-31-29(15-30(28)38)32(42-13-14-44(33(45)22(2)36)24(19-42)9-11-39)41-34(40-31)46-20-35-10-4-12-43(35)18-23(37)17-35/h3,5-6,15-16,21,23-24H,2,4,7-10,12-14,17-20H2,1H3/t21-,23+,24-,35?/m0/s1. The lowest BCUT2D eigenvalue weighted by atomic mass is 9.94. The van der Waals surface area contributed by atoms with Crippen LogP contribution in [-0.2, 0) is 11.2 Å². The fourth-order valence-electron chi connectivity index (χ4n) is 8.14. The Labute approximate surface area is 266 Å². The highest BCUT2D eigenvalue weighted by molar-refractivity contribution is 5.94. The molecule has 1 aromatic heterocycles. The highest BCUT2D eigenvalue weighted by Crippen LogP contribution is 2.42. The summed E-state index contributed by atoms with van der Waals surface area (Å²) in [6.45, 7) is 7.34. The van der Waals surface area contributed by atoms with Crippen LogP contribution in [0.1, 0.15) is 56.1 Å². The molecule has 4 atom stereocenters. The van der Waals surface area contributed by atoms with Crippen molar-refractivity contribution < 1.29 is 22.7 Å². The van der Waals surface area contributed by atoms with Crippen LogP contribution in [0.5, 0.6) is 6.01 Å². The number of ether oxygens (including phenoxy) is 1. The number of carbonyl (C=O) groups is 1. The number of nitrogens with zero attached hydrogens (tertiary/aromatic N) is 6. The molecule has 2 aromatic carbocycles. The average molecular weight is 631 g/mol. The van der Waals surface area contributed by atoms with E-state index in [0.29, 0.717) is 41.2 Å². The molecule has 8 nitrogen and oxygen atoms in total. The van der Waals surface area contributed by atoms with Crippen molar-refractivity contribution in [3.63, 3.8) is 0 Å². The summed E-state index contributed by atoms with van der Waals surface area (Å²) < 4.78 is 50.7. The fourth-order valence-corrected chi connectivity index (χ4v) is 8.14. The third-order valence-corrected chi connectivity index (χ3v) is 10.4. The van der Waals surface area contributed by atoms with Crippen molar-refractivity contribution in [3.8, 4) is 23.2 Å². The van der Waals surface area contributed by atoms with Gasteiger partial charge in [0.2, 0.25) is 0 Å². The lowest BCUT2D eigenvalue weighted by Gasteiger charge is -2.41. The van der Waals surface area contributed by atoms with E-state index >= 15 is 4.39 Å². The zero-order valence-electron chi connectivity index (χ0n) is 25.9. The average Bonchev–Trinajstić information content (AvgIpc) is 3.70. The molecule has 4 heterocycles. The molecule has 3 fully saturated rings. The van der Waals surface area contributed by atoms with Gasteiger partial charge in [-0.2, -0.15) is 15.2 Å². The van der Waals surface area contributed by atoms with Gasteiger partial charge in [0.25, 0.3) is 5.91 Å². The molecule has 3 aliphatic heterocycles. The number of nitriles is 1. The summed E-state index contributed by atoms with van der Waals surface area (Å²) >= 11 is 0. The third kappa shape index (κ3) is 5.26. The van der Waals surface area contributed by atoms with Crippen LogP contribution in [0.3, 0.4) is 0 Å². The Morgan fingerprint density at radius 3 is 2.85 bits per heavy atom. The third-order valence-electron chi connectivity index (χ3n) is 10.4. The summed E-state index contributed by atoms with van der Waals surface area (Å²) in [5, 5.41) is 9.97. The van der Waals surface area contributed by atoms with E-state index in [4.69, 9.17) is 14.7 Å². The Hall–Kier alpha value is -4.17. The quantitative estimate of drug-likeness (QED) is 0.303. The van der Waals surface area contributed by atoms with Gasteiger partial charge in [0.05, 0.1) is 29.6 Å². The minimum Gasteiger partial charge on any atom is -0.461 e. The minimum absolute atomic E-state index is 0.0271. The van der Waals surface area contributed by atoms with E-state index in [1.54, 1.807) is 6.07 Å². The second-order valence-corrected chi connectivity index (χ2v) is 13.2. The van der Waals surface area contributed by atoms with Gasteiger partial charge in [0.15, 0.2) is 5.83 Å². The molecule has 0 saturated carbocycles. The maximum Gasteiger partial charge on any atom is 0.319 e. The predicted molar refractivity (Wildman–Crippen MR) is 168 cm³/mol. The molecule has 1 unspecified atom stereocenters. The zero-order chi connectivity index (χ0) is 32.2. The Morgan fingerprint density at radius 2 is 2.04 bits per heavy atom. The molecule has 46 heavy (non-hydrogen) atoms. The van der Waals surface area contributed by atoms with E-state index in [2.05, 4.69) is 30.5 Å². The first-order valence-corrected chi connectivity index (χ1v) is 16.1. The molecule has 3 aromatic rings. The van der Waals surface area contributed by atoms with Gasteiger partial charge in [-0.05, 0) is 67.0 Å².